The fourth-order valence-electron chi connectivity index (χ4n) is 2.64. The zero-order chi connectivity index (χ0) is 16.1. The maximum atomic E-state index is 11.5. The van der Waals surface area contributed by atoms with Crippen LogP contribution in [0.1, 0.15) is 85.5 Å². The van der Waals surface area contributed by atoms with Gasteiger partial charge in [0.15, 0.2) is 0 Å². The second kappa shape index (κ2) is 12.9. The quantitative estimate of drug-likeness (QED) is 0.240. The molecule has 0 aliphatic rings. The van der Waals surface area contributed by atoms with Crippen LogP contribution in [-0.4, -0.2) is 12.6 Å². The van der Waals surface area contributed by atoms with Gasteiger partial charge in [0, 0.05) is 5.57 Å². The van der Waals surface area contributed by atoms with Crippen molar-refractivity contribution < 1.29 is 9.53 Å². The van der Waals surface area contributed by atoms with Crippen molar-refractivity contribution in [2.45, 2.75) is 85.5 Å². The number of rotatable bonds is 13. The molecular weight excluding hydrogens is 260 g/mol. The average Bonchev–Trinajstić information content (AvgIpc) is 2.42. The van der Waals surface area contributed by atoms with E-state index in [1.54, 1.807) is 6.92 Å². The molecule has 2 nitrogen and oxygen atoms in total. The smallest absolute Gasteiger partial charge is 0.333 e. The van der Waals surface area contributed by atoms with Gasteiger partial charge in [-0.05, 0) is 31.6 Å². The normalized spacial score (nSPS) is 12.4. The first-order chi connectivity index (χ1) is 9.97. The van der Waals surface area contributed by atoms with Crippen LogP contribution in [0.15, 0.2) is 12.2 Å². The lowest BCUT2D eigenvalue weighted by molar-refractivity contribution is -0.140. The molecule has 0 aliphatic carbocycles. The third-order valence-electron chi connectivity index (χ3n) is 3.82. The van der Waals surface area contributed by atoms with E-state index in [0.717, 1.165) is 6.42 Å². The molecule has 0 fully saturated rings. The third-order valence-corrected chi connectivity index (χ3v) is 3.82. The predicted molar refractivity (Wildman–Crippen MR) is 91.3 cm³/mol. The number of hydrogen-bond acceptors (Lipinski definition) is 2. The van der Waals surface area contributed by atoms with E-state index in [2.05, 4.69) is 27.4 Å². The summed E-state index contributed by atoms with van der Waals surface area (Å²) in [6.07, 6.45) is 11.7. The molecular formula is C19H36O2. The highest BCUT2D eigenvalue weighted by Gasteiger charge is 2.14. The molecule has 0 aromatic carbocycles. The number of esters is 1. The lowest BCUT2D eigenvalue weighted by Crippen LogP contribution is -2.16. The van der Waals surface area contributed by atoms with Gasteiger partial charge in [-0.15, -0.1) is 0 Å². The van der Waals surface area contributed by atoms with E-state index in [1.807, 2.05) is 0 Å². The molecule has 0 aliphatic heterocycles. The van der Waals surface area contributed by atoms with Gasteiger partial charge >= 0.3 is 5.97 Å². The van der Waals surface area contributed by atoms with Crippen molar-refractivity contribution in [1.82, 2.24) is 0 Å². The van der Waals surface area contributed by atoms with Gasteiger partial charge in [0.1, 0.15) is 0 Å². The molecule has 0 saturated heterocycles. The SMILES string of the molecule is C=C(C)C(=O)OCC(CCCCCCCCC)CC(C)C. The van der Waals surface area contributed by atoms with E-state index < -0.39 is 0 Å². The number of carbonyl (C=O) groups excluding carboxylic acids is 1. The number of ether oxygens (including phenoxy) is 1. The monoisotopic (exact) mass is 296 g/mol. The molecule has 1 atom stereocenters. The van der Waals surface area contributed by atoms with Crippen LogP contribution >= 0.6 is 0 Å². The van der Waals surface area contributed by atoms with Crippen LogP contribution in [0, 0.1) is 11.8 Å². The van der Waals surface area contributed by atoms with Crippen molar-refractivity contribution in [3.05, 3.63) is 12.2 Å². The Bertz CT molecular complexity index is 281. The van der Waals surface area contributed by atoms with Crippen molar-refractivity contribution in [1.29, 1.82) is 0 Å². The third kappa shape index (κ3) is 12.6. The fourth-order valence-corrected chi connectivity index (χ4v) is 2.64. The Kier molecular flexibility index (Phi) is 12.4. The summed E-state index contributed by atoms with van der Waals surface area (Å²) in [4.78, 5) is 11.5. The van der Waals surface area contributed by atoms with Crippen LogP contribution in [0.25, 0.3) is 0 Å². The van der Waals surface area contributed by atoms with Crippen LogP contribution < -0.4 is 0 Å². The summed E-state index contributed by atoms with van der Waals surface area (Å²) in [7, 11) is 0. The molecule has 21 heavy (non-hydrogen) atoms. The molecule has 1 unspecified atom stereocenters. The van der Waals surface area contributed by atoms with Crippen LogP contribution in [0.4, 0.5) is 0 Å². The Labute approximate surface area is 132 Å². The Morgan fingerprint density at radius 2 is 1.62 bits per heavy atom. The molecule has 0 radical (unpaired) electrons. The van der Waals surface area contributed by atoms with Crippen molar-refractivity contribution in [3.8, 4) is 0 Å². The van der Waals surface area contributed by atoms with Gasteiger partial charge in [-0.2, -0.15) is 0 Å². The highest BCUT2D eigenvalue weighted by Crippen LogP contribution is 2.20. The number of unbranched alkanes of at least 4 members (excludes halogenated alkanes) is 6. The van der Waals surface area contributed by atoms with Gasteiger partial charge in [0.25, 0.3) is 0 Å². The van der Waals surface area contributed by atoms with E-state index in [1.165, 1.54) is 51.4 Å². The molecule has 0 saturated carbocycles. The topological polar surface area (TPSA) is 26.3 Å². The van der Waals surface area contributed by atoms with Crippen molar-refractivity contribution in [2.24, 2.45) is 11.8 Å². The Hall–Kier alpha value is -0.790. The van der Waals surface area contributed by atoms with Crippen molar-refractivity contribution >= 4 is 5.97 Å². The summed E-state index contributed by atoms with van der Waals surface area (Å²) in [5.74, 6) is 0.912. The van der Waals surface area contributed by atoms with E-state index >= 15 is 0 Å². The second-order valence-corrected chi connectivity index (χ2v) is 6.78. The average molecular weight is 296 g/mol. The molecule has 0 aromatic heterocycles. The van der Waals surface area contributed by atoms with Gasteiger partial charge in [0.05, 0.1) is 6.61 Å². The van der Waals surface area contributed by atoms with Crippen LogP contribution in [0.2, 0.25) is 0 Å². The van der Waals surface area contributed by atoms with E-state index in [9.17, 15) is 4.79 Å². The minimum atomic E-state index is -0.247. The highest BCUT2D eigenvalue weighted by molar-refractivity contribution is 5.86. The van der Waals surface area contributed by atoms with Gasteiger partial charge in [-0.25, -0.2) is 4.79 Å². The number of carbonyl (C=O) groups is 1. The standard InChI is InChI=1S/C19H36O2/c1-6-7-8-9-10-11-12-13-18(14-16(2)3)15-21-19(20)17(4)5/h16,18H,4,6-15H2,1-3,5H3. The summed E-state index contributed by atoms with van der Waals surface area (Å²) in [6.45, 7) is 12.6. The summed E-state index contributed by atoms with van der Waals surface area (Å²) >= 11 is 0. The second-order valence-electron chi connectivity index (χ2n) is 6.78. The molecule has 0 aromatic rings. The minimum absolute atomic E-state index is 0.247. The Morgan fingerprint density at radius 3 is 2.14 bits per heavy atom. The van der Waals surface area contributed by atoms with Gasteiger partial charge < -0.3 is 4.74 Å². The maximum Gasteiger partial charge on any atom is 0.333 e. The van der Waals surface area contributed by atoms with Crippen LogP contribution in [0.5, 0.6) is 0 Å². The first-order valence-corrected chi connectivity index (χ1v) is 8.80. The van der Waals surface area contributed by atoms with Crippen molar-refractivity contribution in [3.63, 3.8) is 0 Å². The maximum absolute atomic E-state index is 11.5. The first kappa shape index (κ1) is 20.2. The molecule has 0 heterocycles. The predicted octanol–water partition coefficient (Wildman–Crippen LogP) is 5.91. The number of hydrogen-bond donors (Lipinski definition) is 0. The summed E-state index contributed by atoms with van der Waals surface area (Å²) in [6, 6.07) is 0. The van der Waals surface area contributed by atoms with E-state index in [-0.39, 0.29) is 5.97 Å². The van der Waals surface area contributed by atoms with Crippen molar-refractivity contribution in [2.75, 3.05) is 6.61 Å². The van der Waals surface area contributed by atoms with Gasteiger partial charge in [0.2, 0.25) is 0 Å². The van der Waals surface area contributed by atoms with Gasteiger partial charge in [-0.3, -0.25) is 0 Å². The zero-order valence-electron chi connectivity index (χ0n) is 14.7. The zero-order valence-corrected chi connectivity index (χ0v) is 14.7. The van der Waals surface area contributed by atoms with E-state index in [0.29, 0.717) is 24.0 Å². The molecule has 0 spiro atoms. The summed E-state index contributed by atoms with van der Waals surface area (Å²) in [5, 5.41) is 0. The lowest BCUT2D eigenvalue weighted by Gasteiger charge is -2.19. The largest absolute Gasteiger partial charge is 0.462 e. The minimum Gasteiger partial charge on any atom is -0.462 e. The van der Waals surface area contributed by atoms with Crippen LogP contribution in [0.3, 0.4) is 0 Å². The summed E-state index contributed by atoms with van der Waals surface area (Å²) < 4.78 is 5.34. The van der Waals surface area contributed by atoms with E-state index in [4.69, 9.17) is 4.74 Å². The highest BCUT2D eigenvalue weighted by atomic mass is 16.5. The molecule has 0 bridgehead atoms. The molecule has 124 valence electrons. The first-order valence-electron chi connectivity index (χ1n) is 8.80. The Balaban J connectivity index is 3.85. The molecule has 0 rings (SSSR count). The van der Waals surface area contributed by atoms with Gasteiger partial charge in [-0.1, -0.05) is 72.3 Å². The fraction of sp³-hybridized carbons (Fsp3) is 0.842. The molecule has 0 amide bonds. The molecule has 2 heteroatoms. The van der Waals surface area contributed by atoms with Crippen LogP contribution in [-0.2, 0) is 9.53 Å². The summed E-state index contributed by atoms with van der Waals surface area (Å²) in [5.41, 5.74) is 0.495. The molecule has 0 N–H and O–H groups in total. The Morgan fingerprint density at radius 1 is 1.05 bits per heavy atom. The lowest BCUT2D eigenvalue weighted by atomic mass is 9.92.